The van der Waals surface area contributed by atoms with E-state index in [0.29, 0.717) is 6.04 Å². The first-order chi connectivity index (χ1) is 16.5. The Morgan fingerprint density at radius 3 is 2.62 bits per heavy atom. The molecule has 0 radical (unpaired) electrons. The van der Waals surface area contributed by atoms with Crippen molar-refractivity contribution in [1.29, 1.82) is 0 Å². The molecule has 0 unspecified atom stereocenters. The molecule has 6 heterocycles. The van der Waals surface area contributed by atoms with E-state index in [-0.39, 0.29) is 5.91 Å². The number of likely N-dealkylation sites (tertiary alicyclic amines) is 2. The molecular weight excluding hydrogens is 424 g/mol. The number of aryl methyl sites for hydroxylation is 2. The summed E-state index contributed by atoms with van der Waals surface area (Å²) in [5, 5.41) is 4.71. The molecule has 7 nitrogen and oxygen atoms in total. The molecule has 7 heteroatoms. The van der Waals surface area contributed by atoms with Crippen molar-refractivity contribution in [2.45, 2.75) is 39.2 Å². The standard InChI is InChI=1S/C27H30N6O/c1-19-15-33-26(20(2)28-19)14-25(29-33)21-7-6-8-22-9-10-23(18-32(22)27(34)13-21)31-16-24(17-31)30-11-4-3-5-12-30/h6-10,13-15,18,24H,3-5,11-12,16-17H2,1-2H3/b7-6+,21-13+,22-8+. The van der Waals surface area contributed by atoms with Crippen LogP contribution in [-0.2, 0) is 4.79 Å². The second kappa shape index (κ2) is 8.40. The highest BCUT2D eigenvalue weighted by Gasteiger charge is 2.34. The van der Waals surface area contributed by atoms with Gasteiger partial charge in [0.05, 0.1) is 34.5 Å². The van der Waals surface area contributed by atoms with Gasteiger partial charge in [0.15, 0.2) is 0 Å². The first kappa shape index (κ1) is 21.1. The first-order valence-corrected chi connectivity index (χ1v) is 12.2. The molecule has 34 heavy (non-hydrogen) atoms. The zero-order chi connectivity index (χ0) is 23.2. The van der Waals surface area contributed by atoms with Gasteiger partial charge in [-0.05, 0) is 64.1 Å². The van der Waals surface area contributed by atoms with Crippen LogP contribution in [-0.4, -0.2) is 67.4 Å². The second-order valence-electron chi connectivity index (χ2n) is 9.63. The average molecular weight is 455 g/mol. The molecule has 6 rings (SSSR count). The summed E-state index contributed by atoms with van der Waals surface area (Å²) in [5.74, 6) is -0.0661. The van der Waals surface area contributed by atoms with Crippen molar-refractivity contribution in [2.75, 3.05) is 26.2 Å². The minimum absolute atomic E-state index is 0.0661. The van der Waals surface area contributed by atoms with Crippen LogP contribution in [0.4, 0.5) is 0 Å². The average Bonchev–Trinajstić information content (AvgIpc) is 3.22. The van der Waals surface area contributed by atoms with Crippen LogP contribution in [0.3, 0.4) is 0 Å². The number of aromatic nitrogens is 3. The number of allylic oxidation sites excluding steroid dienone is 6. The van der Waals surface area contributed by atoms with Gasteiger partial charge in [-0.15, -0.1) is 0 Å². The number of piperidine rings is 1. The van der Waals surface area contributed by atoms with Crippen molar-refractivity contribution in [3.05, 3.63) is 83.4 Å². The van der Waals surface area contributed by atoms with Crippen LogP contribution in [0.2, 0.25) is 0 Å². The third-order valence-electron chi connectivity index (χ3n) is 7.21. The summed E-state index contributed by atoms with van der Waals surface area (Å²) < 4.78 is 1.84. The van der Waals surface area contributed by atoms with E-state index >= 15 is 0 Å². The molecule has 4 aliphatic rings. The maximum Gasteiger partial charge on any atom is 0.255 e. The Balaban J connectivity index is 1.23. The fourth-order valence-electron chi connectivity index (χ4n) is 5.29. The van der Waals surface area contributed by atoms with Gasteiger partial charge in [0.25, 0.3) is 5.91 Å². The fourth-order valence-corrected chi connectivity index (χ4v) is 5.29. The van der Waals surface area contributed by atoms with Crippen LogP contribution >= 0.6 is 0 Å². The van der Waals surface area contributed by atoms with Gasteiger partial charge in [-0.2, -0.15) is 5.10 Å². The summed E-state index contributed by atoms with van der Waals surface area (Å²) in [6, 6.07) is 2.64. The minimum Gasteiger partial charge on any atom is -0.367 e. The molecular formula is C27H30N6O. The molecule has 2 fully saturated rings. The largest absolute Gasteiger partial charge is 0.367 e. The maximum absolute atomic E-state index is 13.3. The molecule has 0 aromatic carbocycles. The van der Waals surface area contributed by atoms with E-state index in [1.54, 1.807) is 11.0 Å². The van der Waals surface area contributed by atoms with Crippen LogP contribution in [0.25, 0.3) is 11.1 Å². The predicted molar refractivity (Wildman–Crippen MR) is 133 cm³/mol. The molecule has 0 bridgehead atoms. The number of carbonyl (C=O) groups is 1. The SMILES string of the molecule is Cc1cn2nc(C3=C\C(=O)N4C=C(N5CC(N6CCCCC6)C5)C=C\C4=C/C=C/3)cc2c(C)n1. The quantitative estimate of drug-likeness (QED) is 0.710. The van der Waals surface area contributed by atoms with Gasteiger partial charge in [0, 0.05) is 42.7 Å². The summed E-state index contributed by atoms with van der Waals surface area (Å²) in [6.45, 7) is 8.46. The lowest BCUT2D eigenvalue weighted by atomic mass is 10.0. The summed E-state index contributed by atoms with van der Waals surface area (Å²) in [6.07, 6.45) is 19.7. The van der Waals surface area contributed by atoms with Crippen molar-refractivity contribution in [2.24, 2.45) is 0 Å². The van der Waals surface area contributed by atoms with Gasteiger partial charge >= 0.3 is 0 Å². The topological polar surface area (TPSA) is 57.0 Å². The molecule has 2 saturated heterocycles. The van der Waals surface area contributed by atoms with Gasteiger partial charge < -0.3 is 4.90 Å². The van der Waals surface area contributed by atoms with E-state index in [4.69, 9.17) is 5.10 Å². The lowest BCUT2D eigenvalue weighted by Gasteiger charge is -2.48. The van der Waals surface area contributed by atoms with E-state index in [1.807, 2.05) is 61.1 Å². The highest BCUT2D eigenvalue weighted by atomic mass is 16.2. The van der Waals surface area contributed by atoms with Crippen LogP contribution < -0.4 is 0 Å². The highest BCUT2D eigenvalue weighted by Crippen LogP contribution is 2.29. The summed E-state index contributed by atoms with van der Waals surface area (Å²) >= 11 is 0. The van der Waals surface area contributed by atoms with E-state index in [1.165, 1.54) is 32.4 Å². The molecule has 2 aromatic rings. The third kappa shape index (κ3) is 3.80. The van der Waals surface area contributed by atoms with Gasteiger partial charge in [0.2, 0.25) is 0 Å². The Hall–Kier alpha value is -3.45. The number of rotatable bonds is 3. The van der Waals surface area contributed by atoms with Crippen molar-refractivity contribution < 1.29 is 4.79 Å². The second-order valence-corrected chi connectivity index (χ2v) is 9.63. The lowest BCUT2D eigenvalue weighted by molar-refractivity contribution is -0.122. The number of carbonyl (C=O) groups excluding carboxylic acids is 1. The van der Waals surface area contributed by atoms with Gasteiger partial charge in [-0.3, -0.25) is 19.6 Å². The van der Waals surface area contributed by atoms with Crippen molar-refractivity contribution in [3.8, 4) is 0 Å². The highest BCUT2D eigenvalue weighted by molar-refractivity contribution is 5.99. The Kier molecular flexibility index (Phi) is 5.21. The van der Waals surface area contributed by atoms with E-state index in [2.05, 4.69) is 20.9 Å². The van der Waals surface area contributed by atoms with Gasteiger partial charge in [-0.1, -0.05) is 18.6 Å². The zero-order valence-corrected chi connectivity index (χ0v) is 19.8. The molecule has 0 aliphatic carbocycles. The maximum atomic E-state index is 13.3. The number of hydrogen-bond acceptors (Lipinski definition) is 5. The zero-order valence-electron chi connectivity index (χ0n) is 19.8. The van der Waals surface area contributed by atoms with Crippen LogP contribution in [0.5, 0.6) is 0 Å². The van der Waals surface area contributed by atoms with E-state index in [0.717, 1.165) is 52.7 Å². The lowest BCUT2D eigenvalue weighted by Crippen LogP contribution is -2.59. The summed E-state index contributed by atoms with van der Waals surface area (Å²) in [7, 11) is 0. The minimum atomic E-state index is -0.0661. The Morgan fingerprint density at radius 2 is 1.79 bits per heavy atom. The Labute approximate surface area is 200 Å². The van der Waals surface area contributed by atoms with Crippen molar-refractivity contribution >= 4 is 17.0 Å². The smallest absolute Gasteiger partial charge is 0.255 e. The van der Waals surface area contributed by atoms with Crippen LogP contribution in [0, 0.1) is 13.8 Å². The van der Waals surface area contributed by atoms with E-state index < -0.39 is 0 Å². The molecule has 0 N–H and O–H groups in total. The Bertz CT molecular complexity index is 1300. The molecule has 0 saturated carbocycles. The van der Waals surface area contributed by atoms with Crippen LogP contribution in [0.15, 0.2) is 66.3 Å². The molecule has 174 valence electrons. The molecule has 1 amide bonds. The van der Waals surface area contributed by atoms with Crippen LogP contribution in [0.1, 0.15) is 36.3 Å². The molecule has 4 aliphatic heterocycles. The number of amides is 1. The van der Waals surface area contributed by atoms with Gasteiger partial charge in [0.1, 0.15) is 0 Å². The predicted octanol–water partition coefficient (Wildman–Crippen LogP) is 3.59. The number of hydrogen-bond donors (Lipinski definition) is 0. The van der Waals surface area contributed by atoms with E-state index in [9.17, 15) is 4.79 Å². The summed E-state index contributed by atoms with van der Waals surface area (Å²) in [5.41, 5.74) is 6.32. The molecule has 0 atom stereocenters. The molecule has 2 aromatic heterocycles. The Morgan fingerprint density at radius 1 is 1.00 bits per heavy atom. The van der Waals surface area contributed by atoms with Crippen molar-refractivity contribution in [1.82, 2.24) is 29.3 Å². The first-order valence-electron chi connectivity index (χ1n) is 12.2. The monoisotopic (exact) mass is 454 g/mol. The summed E-state index contributed by atoms with van der Waals surface area (Å²) in [4.78, 5) is 24.6. The number of fused-ring (bicyclic) bond motifs is 2. The third-order valence-corrected chi connectivity index (χ3v) is 7.21. The molecule has 0 spiro atoms. The fraction of sp³-hybridized carbons (Fsp3) is 0.370. The number of nitrogens with zero attached hydrogens (tertiary/aromatic N) is 6. The van der Waals surface area contributed by atoms with Crippen molar-refractivity contribution in [3.63, 3.8) is 0 Å². The normalized spacial score (nSPS) is 25.6. The van der Waals surface area contributed by atoms with Gasteiger partial charge in [-0.25, -0.2) is 4.52 Å².